The van der Waals surface area contributed by atoms with Gasteiger partial charge in [0.15, 0.2) is 0 Å². The zero-order valence-corrected chi connectivity index (χ0v) is 16.0. The van der Waals surface area contributed by atoms with E-state index in [1.165, 1.54) is 12.8 Å². The van der Waals surface area contributed by atoms with Crippen molar-refractivity contribution in [3.05, 3.63) is 59.7 Å². The van der Waals surface area contributed by atoms with Crippen LogP contribution in [0.25, 0.3) is 12.2 Å². The van der Waals surface area contributed by atoms with Gasteiger partial charge in [0, 0.05) is 26.2 Å². The van der Waals surface area contributed by atoms with Crippen molar-refractivity contribution in [1.29, 1.82) is 0 Å². The van der Waals surface area contributed by atoms with Crippen molar-refractivity contribution in [1.82, 2.24) is 9.80 Å². The number of carbonyl (C=O) groups excluding carboxylic acids is 1. The zero-order chi connectivity index (χ0) is 18.6. The molecule has 0 aliphatic carbocycles. The molecule has 140 valence electrons. The number of urea groups is 1. The van der Waals surface area contributed by atoms with E-state index in [1.807, 2.05) is 46.2 Å². The molecule has 0 aromatic heterocycles. The van der Waals surface area contributed by atoms with E-state index in [-0.39, 0.29) is 6.03 Å². The topological polar surface area (TPSA) is 26.8 Å². The summed E-state index contributed by atoms with van der Waals surface area (Å²) in [5, 5.41) is 0. The van der Waals surface area contributed by atoms with Gasteiger partial charge in [-0.1, -0.05) is 61.9 Å². The molecule has 0 N–H and O–H groups in total. The van der Waals surface area contributed by atoms with Gasteiger partial charge < -0.3 is 4.90 Å². The van der Waals surface area contributed by atoms with Crippen molar-refractivity contribution < 1.29 is 4.79 Å². The van der Waals surface area contributed by atoms with Crippen molar-refractivity contribution in [2.75, 3.05) is 37.6 Å². The van der Waals surface area contributed by atoms with Gasteiger partial charge in [-0.15, -0.1) is 0 Å². The minimum Gasteiger partial charge on any atom is -0.321 e. The van der Waals surface area contributed by atoms with Crippen molar-refractivity contribution in [3.63, 3.8) is 0 Å². The number of amides is 2. The van der Waals surface area contributed by atoms with Crippen molar-refractivity contribution >= 4 is 29.6 Å². The van der Waals surface area contributed by atoms with Crippen LogP contribution in [0, 0.1) is 0 Å². The number of fused-ring (bicyclic) bond motifs is 2. The van der Waals surface area contributed by atoms with Gasteiger partial charge in [0.1, 0.15) is 0 Å². The second-order valence-electron chi connectivity index (χ2n) is 7.25. The standard InChI is InChI=1S/C23H27N3O/c1-2-3-14-24-15-17-25(18-16-24)23(27)26-21-10-6-4-8-19(21)12-13-20-9-5-7-11-22(20)26/h4-13H,2-3,14-18H2,1H3. The molecule has 27 heavy (non-hydrogen) atoms. The van der Waals surface area contributed by atoms with E-state index in [1.54, 1.807) is 0 Å². The summed E-state index contributed by atoms with van der Waals surface area (Å²) in [6.07, 6.45) is 6.65. The Bertz CT molecular complexity index is 788. The van der Waals surface area contributed by atoms with E-state index in [2.05, 4.69) is 36.1 Å². The number of hydrogen-bond acceptors (Lipinski definition) is 2. The summed E-state index contributed by atoms with van der Waals surface area (Å²) >= 11 is 0. The maximum Gasteiger partial charge on any atom is 0.329 e. The molecule has 1 saturated heterocycles. The van der Waals surface area contributed by atoms with E-state index < -0.39 is 0 Å². The van der Waals surface area contributed by atoms with Crippen LogP contribution in [0.1, 0.15) is 30.9 Å². The second kappa shape index (κ2) is 7.97. The minimum atomic E-state index is 0.0775. The van der Waals surface area contributed by atoms with Gasteiger partial charge in [0.05, 0.1) is 11.4 Å². The first-order chi connectivity index (χ1) is 13.3. The number of nitrogens with zero attached hydrogens (tertiary/aromatic N) is 3. The van der Waals surface area contributed by atoms with Crippen LogP contribution in [0.4, 0.5) is 16.2 Å². The first kappa shape index (κ1) is 17.8. The van der Waals surface area contributed by atoms with E-state index in [0.29, 0.717) is 0 Å². The molecule has 0 spiro atoms. The molecular formula is C23H27N3O. The van der Waals surface area contributed by atoms with Crippen LogP contribution in [0.2, 0.25) is 0 Å². The molecule has 1 fully saturated rings. The largest absolute Gasteiger partial charge is 0.329 e. The molecule has 0 saturated carbocycles. The first-order valence-corrected chi connectivity index (χ1v) is 9.95. The van der Waals surface area contributed by atoms with Crippen molar-refractivity contribution in [2.45, 2.75) is 19.8 Å². The normalized spacial score (nSPS) is 16.6. The van der Waals surface area contributed by atoms with Crippen molar-refractivity contribution in [2.24, 2.45) is 0 Å². The summed E-state index contributed by atoms with van der Waals surface area (Å²) in [6, 6.07) is 16.3. The molecule has 2 aromatic rings. The number of piperazine rings is 1. The predicted octanol–water partition coefficient (Wildman–Crippen LogP) is 4.85. The van der Waals surface area contributed by atoms with Crippen LogP contribution in [-0.4, -0.2) is 48.6 Å². The monoisotopic (exact) mass is 361 g/mol. The molecule has 0 radical (unpaired) electrons. The molecule has 0 unspecified atom stereocenters. The van der Waals surface area contributed by atoms with Crippen LogP contribution in [-0.2, 0) is 0 Å². The van der Waals surface area contributed by atoms with Crippen LogP contribution in [0.15, 0.2) is 48.5 Å². The molecule has 4 rings (SSSR count). The molecule has 0 atom stereocenters. The molecule has 2 heterocycles. The molecule has 4 heteroatoms. The van der Waals surface area contributed by atoms with E-state index in [9.17, 15) is 4.79 Å². The van der Waals surface area contributed by atoms with Gasteiger partial charge in [-0.3, -0.25) is 9.80 Å². The number of para-hydroxylation sites is 2. The summed E-state index contributed by atoms with van der Waals surface area (Å²) in [5.41, 5.74) is 4.06. The summed E-state index contributed by atoms with van der Waals surface area (Å²) in [7, 11) is 0. The smallest absolute Gasteiger partial charge is 0.321 e. The van der Waals surface area contributed by atoms with Crippen LogP contribution < -0.4 is 4.90 Å². The number of rotatable bonds is 3. The molecule has 0 bridgehead atoms. The summed E-state index contributed by atoms with van der Waals surface area (Å²) in [6.45, 7) is 6.86. The fourth-order valence-corrected chi connectivity index (χ4v) is 3.87. The maximum absolute atomic E-state index is 13.6. The van der Waals surface area contributed by atoms with Gasteiger partial charge in [0.25, 0.3) is 0 Å². The molecular weight excluding hydrogens is 334 g/mol. The average Bonchev–Trinajstić information content (AvgIpc) is 2.89. The highest BCUT2D eigenvalue weighted by molar-refractivity contribution is 6.05. The lowest BCUT2D eigenvalue weighted by Crippen LogP contribution is -2.52. The van der Waals surface area contributed by atoms with E-state index in [4.69, 9.17) is 0 Å². The molecule has 2 aromatic carbocycles. The Morgan fingerprint density at radius 3 is 1.96 bits per heavy atom. The van der Waals surface area contributed by atoms with Crippen LogP contribution in [0.5, 0.6) is 0 Å². The Morgan fingerprint density at radius 1 is 0.852 bits per heavy atom. The van der Waals surface area contributed by atoms with Gasteiger partial charge in [-0.2, -0.15) is 0 Å². The molecule has 2 aliphatic heterocycles. The summed E-state index contributed by atoms with van der Waals surface area (Å²) in [4.78, 5) is 19.9. The van der Waals surface area contributed by atoms with Gasteiger partial charge in [-0.05, 0) is 36.2 Å². The number of carbonyl (C=O) groups is 1. The highest BCUT2D eigenvalue weighted by atomic mass is 16.2. The summed E-state index contributed by atoms with van der Waals surface area (Å²) in [5.74, 6) is 0. The number of unbranched alkanes of at least 4 members (excludes halogenated alkanes) is 1. The lowest BCUT2D eigenvalue weighted by Gasteiger charge is -2.38. The molecule has 2 aliphatic rings. The third kappa shape index (κ3) is 3.62. The van der Waals surface area contributed by atoms with Crippen LogP contribution in [0.3, 0.4) is 0 Å². The van der Waals surface area contributed by atoms with Crippen molar-refractivity contribution in [3.8, 4) is 0 Å². The highest BCUT2D eigenvalue weighted by Crippen LogP contribution is 2.37. The number of hydrogen-bond donors (Lipinski definition) is 0. The SMILES string of the molecule is CCCCN1CCN(C(=O)N2c3ccccc3C=Cc3ccccc32)CC1. The summed E-state index contributed by atoms with van der Waals surface area (Å²) < 4.78 is 0. The third-order valence-electron chi connectivity index (χ3n) is 5.46. The highest BCUT2D eigenvalue weighted by Gasteiger charge is 2.29. The van der Waals surface area contributed by atoms with Gasteiger partial charge >= 0.3 is 6.03 Å². The van der Waals surface area contributed by atoms with Gasteiger partial charge in [-0.25, -0.2) is 4.79 Å². The lowest BCUT2D eigenvalue weighted by atomic mass is 10.1. The number of benzene rings is 2. The third-order valence-corrected chi connectivity index (χ3v) is 5.46. The predicted molar refractivity (Wildman–Crippen MR) is 112 cm³/mol. The molecule has 2 amide bonds. The quantitative estimate of drug-likeness (QED) is 0.782. The fraction of sp³-hybridized carbons (Fsp3) is 0.348. The van der Waals surface area contributed by atoms with Crippen LogP contribution >= 0.6 is 0 Å². The van der Waals surface area contributed by atoms with E-state index in [0.717, 1.165) is 55.2 Å². The Balaban J connectivity index is 1.61. The Hall–Kier alpha value is -2.59. The average molecular weight is 361 g/mol. The Kier molecular flexibility index (Phi) is 5.26. The van der Waals surface area contributed by atoms with E-state index >= 15 is 0 Å². The first-order valence-electron chi connectivity index (χ1n) is 9.95. The minimum absolute atomic E-state index is 0.0775. The fourth-order valence-electron chi connectivity index (χ4n) is 3.87. The molecule has 4 nitrogen and oxygen atoms in total. The Morgan fingerprint density at radius 2 is 1.41 bits per heavy atom. The Labute approximate surface area is 161 Å². The number of anilines is 2. The maximum atomic E-state index is 13.6. The second-order valence-corrected chi connectivity index (χ2v) is 7.25. The zero-order valence-electron chi connectivity index (χ0n) is 16.0. The van der Waals surface area contributed by atoms with Gasteiger partial charge in [0.2, 0.25) is 0 Å². The lowest BCUT2D eigenvalue weighted by molar-refractivity contribution is 0.143.